The molecular formula is C22H27N3O3. The van der Waals surface area contributed by atoms with Crippen molar-refractivity contribution in [1.82, 2.24) is 5.32 Å². The van der Waals surface area contributed by atoms with E-state index in [2.05, 4.69) is 15.5 Å². The van der Waals surface area contributed by atoms with Crippen LogP contribution in [0.5, 0.6) is 5.75 Å². The maximum atomic E-state index is 12.2. The topological polar surface area (TPSA) is 70.7 Å². The Hall–Kier alpha value is -3.02. The standard InChI is InChI=1S/C22H27N3O3/c1-16(2)28-20-11-5-17(6-12-20)22(27)23-15-21(26)24-18-7-9-19(10-8-18)25-13-3-4-14-25/h5-12,16H,3-4,13-15H2,1-2H3,(H,23,27)(H,24,26). The van der Waals surface area contributed by atoms with Crippen LogP contribution in [0, 0.1) is 0 Å². The Labute approximate surface area is 165 Å². The molecule has 2 N–H and O–H groups in total. The van der Waals surface area contributed by atoms with E-state index < -0.39 is 0 Å². The molecule has 0 unspecified atom stereocenters. The number of rotatable bonds is 7. The molecule has 148 valence electrons. The third kappa shape index (κ3) is 5.49. The van der Waals surface area contributed by atoms with Gasteiger partial charge in [0.2, 0.25) is 5.91 Å². The largest absolute Gasteiger partial charge is 0.491 e. The van der Waals surface area contributed by atoms with Gasteiger partial charge in [0.15, 0.2) is 0 Å². The van der Waals surface area contributed by atoms with E-state index in [-0.39, 0.29) is 24.5 Å². The molecule has 1 fully saturated rings. The molecule has 0 aromatic heterocycles. The molecule has 1 aliphatic heterocycles. The van der Waals surface area contributed by atoms with E-state index in [4.69, 9.17) is 4.74 Å². The second-order valence-corrected chi connectivity index (χ2v) is 7.16. The zero-order valence-electron chi connectivity index (χ0n) is 16.4. The lowest BCUT2D eigenvalue weighted by atomic mass is 10.2. The highest BCUT2D eigenvalue weighted by atomic mass is 16.5. The van der Waals surface area contributed by atoms with E-state index in [0.717, 1.165) is 18.8 Å². The quantitative estimate of drug-likeness (QED) is 0.771. The van der Waals surface area contributed by atoms with Gasteiger partial charge in [-0.2, -0.15) is 0 Å². The third-order valence-corrected chi connectivity index (χ3v) is 4.52. The molecule has 0 atom stereocenters. The summed E-state index contributed by atoms with van der Waals surface area (Å²) >= 11 is 0. The third-order valence-electron chi connectivity index (χ3n) is 4.52. The lowest BCUT2D eigenvalue weighted by Gasteiger charge is -2.17. The zero-order valence-corrected chi connectivity index (χ0v) is 16.4. The van der Waals surface area contributed by atoms with Gasteiger partial charge >= 0.3 is 0 Å². The average Bonchev–Trinajstić information content (AvgIpc) is 3.21. The summed E-state index contributed by atoms with van der Waals surface area (Å²) in [5, 5.41) is 5.44. The van der Waals surface area contributed by atoms with Crippen molar-refractivity contribution < 1.29 is 14.3 Å². The maximum Gasteiger partial charge on any atom is 0.251 e. The number of hydrogen-bond donors (Lipinski definition) is 2. The highest BCUT2D eigenvalue weighted by Gasteiger charge is 2.12. The van der Waals surface area contributed by atoms with Gasteiger partial charge in [-0.25, -0.2) is 0 Å². The van der Waals surface area contributed by atoms with Crippen LogP contribution in [0.1, 0.15) is 37.0 Å². The Kier molecular flexibility index (Phi) is 6.53. The molecule has 6 heteroatoms. The van der Waals surface area contributed by atoms with Crippen LogP contribution in [0.25, 0.3) is 0 Å². The van der Waals surface area contributed by atoms with Crippen molar-refractivity contribution in [3.05, 3.63) is 54.1 Å². The van der Waals surface area contributed by atoms with Crippen LogP contribution in [-0.2, 0) is 4.79 Å². The van der Waals surface area contributed by atoms with Gasteiger partial charge in [-0.05, 0) is 75.2 Å². The molecule has 6 nitrogen and oxygen atoms in total. The predicted molar refractivity (Wildman–Crippen MR) is 111 cm³/mol. The number of anilines is 2. The fraction of sp³-hybridized carbons (Fsp3) is 0.364. The fourth-order valence-electron chi connectivity index (χ4n) is 3.16. The van der Waals surface area contributed by atoms with Crippen LogP contribution in [0.3, 0.4) is 0 Å². The summed E-state index contributed by atoms with van der Waals surface area (Å²) in [7, 11) is 0. The van der Waals surface area contributed by atoms with Gasteiger partial charge in [0, 0.05) is 30.0 Å². The van der Waals surface area contributed by atoms with Crippen molar-refractivity contribution >= 4 is 23.2 Å². The van der Waals surface area contributed by atoms with Crippen LogP contribution in [0.15, 0.2) is 48.5 Å². The number of nitrogens with one attached hydrogen (secondary N) is 2. The van der Waals surface area contributed by atoms with Gasteiger partial charge in [0.25, 0.3) is 5.91 Å². The Morgan fingerprint density at radius 3 is 2.25 bits per heavy atom. The maximum absolute atomic E-state index is 12.2. The molecule has 2 amide bonds. The van der Waals surface area contributed by atoms with Crippen molar-refractivity contribution in [3.63, 3.8) is 0 Å². The smallest absolute Gasteiger partial charge is 0.251 e. The van der Waals surface area contributed by atoms with Gasteiger partial charge in [-0.1, -0.05) is 0 Å². The van der Waals surface area contributed by atoms with Crippen molar-refractivity contribution in [2.45, 2.75) is 32.8 Å². The number of carbonyl (C=O) groups excluding carboxylic acids is 2. The highest BCUT2D eigenvalue weighted by Crippen LogP contribution is 2.22. The number of amides is 2. The molecule has 2 aromatic carbocycles. The average molecular weight is 381 g/mol. The van der Waals surface area contributed by atoms with E-state index in [9.17, 15) is 9.59 Å². The predicted octanol–water partition coefficient (Wildman–Crippen LogP) is 3.44. The van der Waals surface area contributed by atoms with Crippen molar-refractivity contribution in [2.24, 2.45) is 0 Å². The molecule has 0 radical (unpaired) electrons. The van der Waals surface area contributed by atoms with Crippen molar-refractivity contribution in [1.29, 1.82) is 0 Å². The molecule has 3 rings (SSSR count). The lowest BCUT2D eigenvalue weighted by molar-refractivity contribution is -0.115. The minimum Gasteiger partial charge on any atom is -0.491 e. The Bertz CT molecular complexity index is 795. The molecular weight excluding hydrogens is 354 g/mol. The number of hydrogen-bond acceptors (Lipinski definition) is 4. The van der Waals surface area contributed by atoms with Gasteiger partial charge in [-0.15, -0.1) is 0 Å². The van der Waals surface area contributed by atoms with Crippen LogP contribution in [-0.4, -0.2) is 37.6 Å². The van der Waals surface area contributed by atoms with Crippen LogP contribution in [0.4, 0.5) is 11.4 Å². The molecule has 0 bridgehead atoms. The van der Waals surface area contributed by atoms with Crippen molar-refractivity contribution in [2.75, 3.05) is 29.9 Å². The van der Waals surface area contributed by atoms with Crippen LogP contribution in [0.2, 0.25) is 0 Å². The van der Waals surface area contributed by atoms with E-state index in [0.29, 0.717) is 11.3 Å². The lowest BCUT2D eigenvalue weighted by Crippen LogP contribution is -2.32. The summed E-state index contributed by atoms with van der Waals surface area (Å²) in [6, 6.07) is 14.7. The molecule has 0 saturated carbocycles. The summed E-state index contributed by atoms with van der Waals surface area (Å²) in [5.41, 5.74) is 2.38. The minimum atomic E-state index is -0.296. The first-order valence-electron chi connectivity index (χ1n) is 9.71. The molecule has 28 heavy (non-hydrogen) atoms. The van der Waals surface area contributed by atoms with Gasteiger partial charge in [-0.3, -0.25) is 9.59 Å². The summed E-state index contributed by atoms with van der Waals surface area (Å²) in [6.45, 7) is 5.97. The van der Waals surface area contributed by atoms with E-state index in [1.165, 1.54) is 18.5 Å². The number of carbonyl (C=O) groups is 2. The zero-order chi connectivity index (χ0) is 19.9. The summed E-state index contributed by atoms with van der Waals surface area (Å²) in [4.78, 5) is 26.6. The van der Waals surface area contributed by atoms with Gasteiger partial charge in [0.1, 0.15) is 5.75 Å². The van der Waals surface area contributed by atoms with Gasteiger partial charge in [0.05, 0.1) is 12.6 Å². The monoisotopic (exact) mass is 381 g/mol. The summed E-state index contributed by atoms with van der Waals surface area (Å²) in [5.74, 6) is 0.152. The van der Waals surface area contributed by atoms with Crippen molar-refractivity contribution in [3.8, 4) is 5.75 Å². The van der Waals surface area contributed by atoms with E-state index in [1.807, 2.05) is 38.1 Å². The SMILES string of the molecule is CC(C)Oc1ccc(C(=O)NCC(=O)Nc2ccc(N3CCCC3)cc2)cc1. The summed E-state index contributed by atoms with van der Waals surface area (Å²) < 4.78 is 5.56. The number of nitrogens with zero attached hydrogens (tertiary/aromatic N) is 1. The Morgan fingerprint density at radius 1 is 1.00 bits per heavy atom. The highest BCUT2D eigenvalue weighted by molar-refractivity contribution is 5.99. The normalized spacial score (nSPS) is 13.5. The first-order chi connectivity index (χ1) is 13.5. The molecule has 2 aromatic rings. The van der Waals surface area contributed by atoms with Gasteiger partial charge < -0.3 is 20.3 Å². The summed E-state index contributed by atoms with van der Waals surface area (Å²) in [6.07, 6.45) is 2.53. The second-order valence-electron chi connectivity index (χ2n) is 7.16. The molecule has 1 saturated heterocycles. The van der Waals surface area contributed by atoms with E-state index >= 15 is 0 Å². The fourth-order valence-corrected chi connectivity index (χ4v) is 3.16. The Morgan fingerprint density at radius 2 is 1.64 bits per heavy atom. The minimum absolute atomic E-state index is 0.0767. The number of ether oxygens (including phenoxy) is 1. The molecule has 0 aliphatic carbocycles. The Balaban J connectivity index is 1.46. The van der Waals surface area contributed by atoms with Crippen LogP contribution >= 0.6 is 0 Å². The van der Waals surface area contributed by atoms with Crippen LogP contribution < -0.4 is 20.3 Å². The molecule has 1 aliphatic rings. The van der Waals surface area contributed by atoms with E-state index in [1.54, 1.807) is 24.3 Å². The molecule has 1 heterocycles. The second kappa shape index (κ2) is 9.26. The first kappa shape index (κ1) is 19.7. The first-order valence-corrected chi connectivity index (χ1v) is 9.71. The molecule has 0 spiro atoms. The number of benzene rings is 2.